The van der Waals surface area contributed by atoms with Crippen LogP contribution < -0.4 is 4.57 Å². The molecule has 1 nitrogen and oxygen atoms in total. The van der Waals surface area contributed by atoms with E-state index in [-0.39, 0.29) is 5.41 Å². The van der Waals surface area contributed by atoms with Gasteiger partial charge in [-0.25, -0.2) is 4.57 Å². The van der Waals surface area contributed by atoms with E-state index in [2.05, 4.69) is 94.0 Å². The van der Waals surface area contributed by atoms with Gasteiger partial charge in [0.05, 0.1) is 0 Å². The van der Waals surface area contributed by atoms with E-state index in [0.29, 0.717) is 0 Å². The van der Waals surface area contributed by atoms with Gasteiger partial charge in [-0.3, -0.25) is 0 Å². The van der Waals surface area contributed by atoms with E-state index >= 15 is 0 Å². The third-order valence-corrected chi connectivity index (χ3v) is 5.82. The minimum absolute atomic E-state index is 0.0487. The number of pyridine rings is 1. The van der Waals surface area contributed by atoms with Gasteiger partial charge in [0.2, 0.25) is 5.69 Å². The minimum atomic E-state index is 0.0487. The van der Waals surface area contributed by atoms with Gasteiger partial charge in [0.15, 0.2) is 6.20 Å². The molecule has 0 saturated heterocycles. The second-order valence-electron chi connectivity index (χ2n) is 7.73. The van der Waals surface area contributed by atoms with E-state index in [0.717, 1.165) is 6.42 Å². The number of hydrogen-bond donors (Lipinski definition) is 0. The fourth-order valence-electron chi connectivity index (χ4n) is 4.52. The molecule has 1 aliphatic carbocycles. The fraction of sp³-hybridized carbons (Fsp3) is 0.292. The lowest BCUT2D eigenvalue weighted by atomic mass is 9.79. The lowest BCUT2D eigenvalue weighted by Gasteiger charge is -2.24. The molecule has 1 aliphatic rings. The Balaban J connectivity index is 2.01. The maximum Gasteiger partial charge on any atom is 0.212 e. The van der Waals surface area contributed by atoms with E-state index in [1.807, 2.05) is 0 Å². The number of nitrogens with zero attached hydrogens (tertiary/aromatic N) is 1. The maximum atomic E-state index is 2.43. The second kappa shape index (κ2) is 5.56. The van der Waals surface area contributed by atoms with Crippen LogP contribution in [0.3, 0.4) is 0 Å². The normalized spacial score (nSPS) is 14.3. The standard InChI is InChI=1S/C24H26N/c1-6-17-10-9-11-18-20-14-16(2)19(22-12-7-8-13-25(22)5)15-21(20)24(3,4)23(17)18/h7-15H,6H2,1-5H3/q+1. The van der Waals surface area contributed by atoms with Crippen LogP contribution in [0.5, 0.6) is 0 Å². The summed E-state index contributed by atoms with van der Waals surface area (Å²) >= 11 is 0. The van der Waals surface area contributed by atoms with Gasteiger partial charge in [0.1, 0.15) is 7.05 Å². The highest BCUT2D eigenvalue weighted by atomic mass is 14.9. The summed E-state index contributed by atoms with van der Waals surface area (Å²) < 4.78 is 2.21. The zero-order valence-corrected chi connectivity index (χ0v) is 15.9. The molecular weight excluding hydrogens is 302 g/mol. The molecule has 0 spiro atoms. The molecule has 0 N–H and O–H groups in total. The Morgan fingerprint density at radius 2 is 1.72 bits per heavy atom. The van der Waals surface area contributed by atoms with Crippen molar-refractivity contribution < 1.29 is 4.57 Å². The van der Waals surface area contributed by atoms with Crippen LogP contribution in [0, 0.1) is 6.92 Å². The molecule has 4 rings (SSSR count). The molecule has 0 fully saturated rings. The monoisotopic (exact) mass is 328 g/mol. The van der Waals surface area contributed by atoms with Crippen LogP contribution in [-0.4, -0.2) is 0 Å². The zero-order chi connectivity index (χ0) is 17.8. The zero-order valence-electron chi connectivity index (χ0n) is 15.9. The quantitative estimate of drug-likeness (QED) is 0.558. The molecule has 25 heavy (non-hydrogen) atoms. The largest absolute Gasteiger partial charge is 0.212 e. The highest BCUT2D eigenvalue weighted by Crippen LogP contribution is 2.51. The van der Waals surface area contributed by atoms with Crippen molar-refractivity contribution in [2.45, 2.75) is 39.5 Å². The van der Waals surface area contributed by atoms with Gasteiger partial charge in [0, 0.05) is 23.1 Å². The second-order valence-corrected chi connectivity index (χ2v) is 7.73. The van der Waals surface area contributed by atoms with Gasteiger partial charge in [0.25, 0.3) is 0 Å². The van der Waals surface area contributed by atoms with Crippen molar-refractivity contribution in [1.82, 2.24) is 0 Å². The summed E-state index contributed by atoms with van der Waals surface area (Å²) in [6.45, 7) is 9.24. The summed E-state index contributed by atoms with van der Waals surface area (Å²) in [6.07, 6.45) is 3.21. The van der Waals surface area contributed by atoms with Crippen LogP contribution in [0.25, 0.3) is 22.4 Å². The van der Waals surface area contributed by atoms with Crippen molar-refractivity contribution >= 4 is 0 Å². The van der Waals surface area contributed by atoms with Crippen molar-refractivity contribution in [3.63, 3.8) is 0 Å². The average Bonchev–Trinajstić information content (AvgIpc) is 2.82. The van der Waals surface area contributed by atoms with Gasteiger partial charge in [-0.2, -0.15) is 0 Å². The van der Waals surface area contributed by atoms with Crippen molar-refractivity contribution in [2.75, 3.05) is 0 Å². The Kier molecular flexibility index (Phi) is 3.57. The third kappa shape index (κ3) is 2.26. The van der Waals surface area contributed by atoms with Crippen LogP contribution in [-0.2, 0) is 18.9 Å². The molecule has 0 bridgehead atoms. The number of hydrogen-bond acceptors (Lipinski definition) is 0. The molecule has 0 aliphatic heterocycles. The van der Waals surface area contributed by atoms with Crippen LogP contribution in [0.15, 0.2) is 54.7 Å². The Hall–Kier alpha value is -2.41. The number of rotatable bonds is 2. The Bertz CT molecular complexity index is 979. The molecule has 3 aromatic rings. The first-order valence-corrected chi connectivity index (χ1v) is 9.18. The van der Waals surface area contributed by atoms with Crippen LogP contribution in [0.1, 0.15) is 43.0 Å². The lowest BCUT2D eigenvalue weighted by molar-refractivity contribution is -0.660. The van der Waals surface area contributed by atoms with E-state index in [1.54, 1.807) is 0 Å². The summed E-state index contributed by atoms with van der Waals surface area (Å²) in [5.41, 5.74) is 11.3. The van der Waals surface area contributed by atoms with Crippen molar-refractivity contribution in [2.24, 2.45) is 7.05 Å². The van der Waals surface area contributed by atoms with E-state index in [1.165, 1.54) is 44.6 Å². The van der Waals surface area contributed by atoms with E-state index in [4.69, 9.17) is 0 Å². The van der Waals surface area contributed by atoms with Gasteiger partial charge in [-0.05, 0) is 58.9 Å². The molecule has 1 aromatic heterocycles. The SMILES string of the molecule is CCc1cccc2c1C(C)(C)c1cc(-c3cccc[n+]3C)c(C)cc1-2. The smallest absolute Gasteiger partial charge is 0.201 e. The number of benzene rings is 2. The highest BCUT2D eigenvalue weighted by molar-refractivity contribution is 5.85. The summed E-state index contributed by atoms with van der Waals surface area (Å²) in [6, 6.07) is 18.0. The number of aryl methyl sites for hydroxylation is 3. The van der Waals surface area contributed by atoms with Crippen molar-refractivity contribution in [1.29, 1.82) is 0 Å². The van der Waals surface area contributed by atoms with E-state index in [9.17, 15) is 0 Å². The summed E-state index contributed by atoms with van der Waals surface area (Å²) in [4.78, 5) is 0. The molecule has 0 unspecified atom stereocenters. The molecular formula is C24H26N+. The molecule has 2 aromatic carbocycles. The average molecular weight is 328 g/mol. The summed E-state index contributed by atoms with van der Waals surface area (Å²) in [5.74, 6) is 0. The predicted octanol–water partition coefficient (Wildman–Crippen LogP) is 5.36. The van der Waals surface area contributed by atoms with Gasteiger partial charge in [-0.1, -0.05) is 45.0 Å². The molecule has 0 saturated carbocycles. The Morgan fingerprint density at radius 3 is 2.44 bits per heavy atom. The lowest BCUT2D eigenvalue weighted by Crippen LogP contribution is -2.30. The van der Waals surface area contributed by atoms with Crippen molar-refractivity contribution in [3.8, 4) is 22.4 Å². The van der Waals surface area contributed by atoms with Gasteiger partial charge in [-0.15, -0.1) is 0 Å². The minimum Gasteiger partial charge on any atom is -0.201 e. The topological polar surface area (TPSA) is 3.88 Å². The number of fused-ring (bicyclic) bond motifs is 3. The Morgan fingerprint density at radius 1 is 0.920 bits per heavy atom. The molecule has 1 heterocycles. The van der Waals surface area contributed by atoms with Crippen molar-refractivity contribution in [3.05, 3.63) is 77.0 Å². The molecule has 1 heteroatoms. The van der Waals surface area contributed by atoms with Crippen LogP contribution >= 0.6 is 0 Å². The summed E-state index contributed by atoms with van der Waals surface area (Å²) in [5, 5.41) is 0. The Labute approximate surface area is 151 Å². The first-order chi connectivity index (χ1) is 11.9. The predicted molar refractivity (Wildman–Crippen MR) is 105 cm³/mol. The molecule has 0 atom stereocenters. The van der Waals surface area contributed by atoms with Gasteiger partial charge < -0.3 is 0 Å². The molecule has 0 radical (unpaired) electrons. The first-order valence-electron chi connectivity index (χ1n) is 9.18. The number of aromatic nitrogens is 1. The summed E-state index contributed by atoms with van der Waals surface area (Å²) in [7, 11) is 2.12. The van der Waals surface area contributed by atoms with Crippen LogP contribution in [0.2, 0.25) is 0 Å². The first kappa shape index (κ1) is 16.1. The third-order valence-electron chi connectivity index (χ3n) is 5.82. The maximum absolute atomic E-state index is 2.43. The molecule has 0 amide bonds. The fourth-order valence-corrected chi connectivity index (χ4v) is 4.52. The highest BCUT2D eigenvalue weighted by Gasteiger charge is 2.37. The van der Waals surface area contributed by atoms with E-state index < -0.39 is 0 Å². The van der Waals surface area contributed by atoms with Crippen LogP contribution in [0.4, 0.5) is 0 Å². The molecule has 126 valence electrons. The van der Waals surface area contributed by atoms with Gasteiger partial charge >= 0.3 is 0 Å².